The number of ether oxygens (including phenoxy) is 1. The van der Waals surface area contributed by atoms with Gasteiger partial charge in [-0.1, -0.05) is 0 Å². The van der Waals surface area contributed by atoms with Gasteiger partial charge in [0, 0.05) is 0 Å². The molecule has 0 rings (SSSR count). The standard InChI is InChI=1S/C11H21O3Si.3CH3.Sn/c1-13-11(12)9-7-5-6-8-10-14-15(2,3)4;;;;/h9H,5-6,8,10H2,1-4H3;3*1H3;. The van der Waals surface area contributed by atoms with E-state index in [4.69, 9.17) is 9.16 Å². The molecular weight excluding hydrogens is 363 g/mol. The Morgan fingerprint density at radius 1 is 1.16 bits per heavy atom. The molecule has 0 heterocycles. The summed E-state index contributed by atoms with van der Waals surface area (Å²) in [5.41, 5.74) is 0. The molecule has 0 aromatic rings. The summed E-state index contributed by atoms with van der Waals surface area (Å²) in [5.74, 6) is -0.208. The van der Waals surface area contributed by atoms with Crippen LogP contribution in [0.4, 0.5) is 0 Å². The molecule has 0 aliphatic carbocycles. The van der Waals surface area contributed by atoms with Crippen LogP contribution in [0.5, 0.6) is 0 Å². The first-order chi connectivity index (χ1) is 8.56. The second-order valence-electron chi connectivity index (χ2n) is 6.86. The number of unbranched alkanes of at least 4 members (excludes halogenated alkanes) is 1. The van der Waals surface area contributed by atoms with E-state index in [2.05, 4.69) is 34.5 Å². The Morgan fingerprint density at radius 3 is 2.16 bits per heavy atom. The molecule has 0 unspecified atom stereocenters. The van der Waals surface area contributed by atoms with Crippen molar-refractivity contribution in [3.05, 3.63) is 9.67 Å². The second-order valence-corrected chi connectivity index (χ2v) is 26.1. The Bertz CT molecular complexity index is 314. The van der Waals surface area contributed by atoms with Crippen molar-refractivity contribution in [1.29, 1.82) is 0 Å². The first kappa shape index (κ1) is 19.2. The summed E-state index contributed by atoms with van der Waals surface area (Å²) in [4.78, 5) is 18.4. The SMILES string of the molecule is COC(=O)/C=[C](\CCCCO[Si](C)(C)C)[Sn]([CH3])([CH3])[CH3]. The first-order valence-corrected chi connectivity index (χ1v) is 20.4. The Balaban J connectivity index is 4.24. The summed E-state index contributed by atoms with van der Waals surface area (Å²) in [6.45, 7) is 7.48. The van der Waals surface area contributed by atoms with Gasteiger partial charge in [0.05, 0.1) is 0 Å². The number of hydrogen-bond donors (Lipinski definition) is 0. The van der Waals surface area contributed by atoms with Crippen LogP contribution in [0, 0.1) is 0 Å². The molecule has 0 amide bonds. The predicted octanol–water partition coefficient (Wildman–Crippen LogP) is 3.99. The normalized spacial score (nSPS) is 13.5. The molecule has 0 radical (unpaired) electrons. The van der Waals surface area contributed by atoms with Crippen LogP contribution in [0.3, 0.4) is 0 Å². The van der Waals surface area contributed by atoms with E-state index in [-0.39, 0.29) is 5.97 Å². The Labute approximate surface area is 123 Å². The molecule has 0 spiro atoms. The van der Waals surface area contributed by atoms with Gasteiger partial charge in [-0.25, -0.2) is 0 Å². The first-order valence-electron chi connectivity index (χ1n) is 6.99. The summed E-state index contributed by atoms with van der Waals surface area (Å²) in [5, 5.41) is 0. The fourth-order valence-corrected chi connectivity index (χ4v) is 6.63. The van der Waals surface area contributed by atoms with E-state index in [1.807, 2.05) is 0 Å². The van der Waals surface area contributed by atoms with Crippen molar-refractivity contribution in [3.63, 3.8) is 0 Å². The Morgan fingerprint density at radius 2 is 1.74 bits per heavy atom. The number of carbonyl (C=O) groups is 1. The van der Waals surface area contributed by atoms with Gasteiger partial charge in [0.2, 0.25) is 0 Å². The molecule has 3 nitrogen and oxygen atoms in total. The van der Waals surface area contributed by atoms with Crippen LogP contribution in [0.1, 0.15) is 19.3 Å². The zero-order valence-electron chi connectivity index (χ0n) is 13.6. The van der Waals surface area contributed by atoms with Gasteiger partial charge in [-0.15, -0.1) is 0 Å². The minimum absolute atomic E-state index is 0.208. The van der Waals surface area contributed by atoms with Crippen LogP contribution >= 0.6 is 0 Å². The summed E-state index contributed by atoms with van der Waals surface area (Å²) in [6.07, 6.45) is 4.92. The molecule has 0 aliphatic heterocycles. The van der Waals surface area contributed by atoms with Gasteiger partial charge in [-0.2, -0.15) is 0 Å². The molecule has 19 heavy (non-hydrogen) atoms. The van der Waals surface area contributed by atoms with E-state index in [1.165, 1.54) is 10.7 Å². The van der Waals surface area contributed by atoms with E-state index in [1.54, 1.807) is 6.08 Å². The van der Waals surface area contributed by atoms with Crippen molar-refractivity contribution in [2.75, 3.05) is 13.7 Å². The van der Waals surface area contributed by atoms with Crippen molar-refractivity contribution in [2.24, 2.45) is 0 Å². The number of methoxy groups -OCH3 is 1. The molecule has 112 valence electrons. The van der Waals surface area contributed by atoms with E-state index in [0.29, 0.717) is 0 Å². The number of hydrogen-bond acceptors (Lipinski definition) is 3. The van der Waals surface area contributed by atoms with Crippen molar-refractivity contribution in [2.45, 2.75) is 53.7 Å². The van der Waals surface area contributed by atoms with Crippen LogP contribution in [0.25, 0.3) is 0 Å². The van der Waals surface area contributed by atoms with E-state index in [0.717, 1.165) is 25.9 Å². The topological polar surface area (TPSA) is 35.5 Å². The van der Waals surface area contributed by atoms with Crippen molar-refractivity contribution in [1.82, 2.24) is 0 Å². The molecule has 0 aliphatic rings. The summed E-state index contributed by atoms with van der Waals surface area (Å²) >= 11 is -2.17. The van der Waals surface area contributed by atoms with Gasteiger partial charge in [0.15, 0.2) is 0 Å². The maximum atomic E-state index is 11.4. The molecule has 5 heteroatoms. The number of esters is 1. The molecule has 0 atom stereocenters. The molecule has 0 fully saturated rings. The maximum absolute atomic E-state index is 11.4. The van der Waals surface area contributed by atoms with Gasteiger partial charge in [0.1, 0.15) is 0 Å². The molecule has 0 bridgehead atoms. The van der Waals surface area contributed by atoms with Gasteiger partial charge in [-0.3, -0.25) is 0 Å². The van der Waals surface area contributed by atoms with Crippen LogP contribution in [-0.2, 0) is 14.0 Å². The van der Waals surface area contributed by atoms with Crippen LogP contribution in [0.2, 0.25) is 34.5 Å². The number of carbonyl (C=O) groups excluding carboxylic acids is 1. The average molecular weight is 393 g/mol. The third kappa shape index (κ3) is 10.6. The second kappa shape index (κ2) is 8.47. The zero-order valence-corrected chi connectivity index (χ0v) is 17.5. The van der Waals surface area contributed by atoms with Crippen LogP contribution in [0.15, 0.2) is 9.67 Å². The fourth-order valence-electron chi connectivity index (χ4n) is 1.66. The average Bonchev–Trinajstić information content (AvgIpc) is 2.23. The quantitative estimate of drug-likeness (QED) is 0.271. The monoisotopic (exact) mass is 394 g/mol. The van der Waals surface area contributed by atoms with Gasteiger partial charge >= 0.3 is 124 Å². The Hall–Kier alpha value is 0.186. The summed E-state index contributed by atoms with van der Waals surface area (Å²) in [7, 11) is 0.0623. The van der Waals surface area contributed by atoms with E-state index in [9.17, 15) is 4.79 Å². The molecule has 0 saturated heterocycles. The fraction of sp³-hybridized carbons (Fsp3) is 0.786. The predicted molar refractivity (Wildman–Crippen MR) is 86.6 cm³/mol. The van der Waals surface area contributed by atoms with Gasteiger partial charge < -0.3 is 0 Å². The van der Waals surface area contributed by atoms with Gasteiger partial charge in [0.25, 0.3) is 0 Å². The zero-order chi connectivity index (χ0) is 15.1. The number of rotatable bonds is 8. The summed E-state index contributed by atoms with van der Waals surface area (Å²) in [6, 6.07) is 0. The van der Waals surface area contributed by atoms with Crippen molar-refractivity contribution in [3.8, 4) is 0 Å². The molecule has 0 aromatic heterocycles. The third-order valence-corrected chi connectivity index (χ3v) is 10.5. The minimum atomic E-state index is -2.17. The van der Waals surface area contributed by atoms with E-state index >= 15 is 0 Å². The van der Waals surface area contributed by atoms with Crippen LogP contribution in [-0.4, -0.2) is 46.4 Å². The van der Waals surface area contributed by atoms with Crippen molar-refractivity contribution >= 4 is 32.7 Å². The van der Waals surface area contributed by atoms with E-state index < -0.39 is 26.7 Å². The molecular formula is C14H30O3SiSn. The molecule has 0 saturated carbocycles. The third-order valence-electron chi connectivity index (χ3n) is 2.83. The number of allylic oxidation sites excluding steroid dienone is 1. The molecule has 0 N–H and O–H groups in total. The Kier molecular flexibility index (Phi) is 8.55. The molecule has 0 aromatic carbocycles. The van der Waals surface area contributed by atoms with Gasteiger partial charge in [-0.05, 0) is 0 Å². The van der Waals surface area contributed by atoms with Crippen molar-refractivity contribution < 1.29 is 14.0 Å². The van der Waals surface area contributed by atoms with Crippen LogP contribution < -0.4 is 0 Å². The summed E-state index contributed by atoms with van der Waals surface area (Å²) < 4.78 is 11.9.